The second kappa shape index (κ2) is 8.89. The molecule has 1 aliphatic rings. The number of ketones is 1. The zero-order valence-corrected chi connectivity index (χ0v) is 20.4. The summed E-state index contributed by atoms with van der Waals surface area (Å²) in [5, 5.41) is 14.3. The highest BCUT2D eigenvalue weighted by atomic mass is 32.1. The van der Waals surface area contributed by atoms with Gasteiger partial charge >= 0.3 is 5.97 Å². The van der Waals surface area contributed by atoms with E-state index in [4.69, 9.17) is 9.15 Å². The topological polar surface area (TPSA) is 97.0 Å². The lowest BCUT2D eigenvalue weighted by Crippen LogP contribution is -2.55. The molecule has 7 nitrogen and oxygen atoms in total. The molecule has 1 saturated heterocycles. The van der Waals surface area contributed by atoms with Crippen LogP contribution < -0.4 is 0 Å². The van der Waals surface area contributed by atoms with E-state index in [0.717, 1.165) is 15.3 Å². The van der Waals surface area contributed by atoms with Gasteiger partial charge in [0.15, 0.2) is 5.76 Å². The molecule has 3 aromatic rings. The number of carboxylic acids is 1. The number of thiophene rings is 2. The summed E-state index contributed by atoms with van der Waals surface area (Å²) >= 11 is 2.79. The van der Waals surface area contributed by atoms with Crippen molar-refractivity contribution in [3.8, 4) is 0 Å². The van der Waals surface area contributed by atoms with E-state index in [1.54, 1.807) is 19.1 Å². The number of aliphatic carboxylic acids is 1. The van der Waals surface area contributed by atoms with E-state index in [-0.39, 0.29) is 18.2 Å². The molecule has 1 N–H and O–H groups in total. The number of Topliss-reactive ketones (excluding diaryl/α,β-unsaturated/α-hetero) is 1. The van der Waals surface area contributed by atoms with Crippen LogP contribution in [0.1, 0.15) is 50.5 Å². The van der Waals surface area contributed by atoms with E-state index in [9.17, 15) is 19.5 Å². The number of ether oxygens (including phenoxy) is 1. The van der Waals surface area contributed by atoms with Gasteiger partial charge in [-0.15, -0.1) is 22.7 Å². The Hall–Kier alpha value is -2.75. The molecule has 3 aromatic heterocycles. The number of likely N-dealkylation sites (tertiary alicyclic amines) is 1. The third-order valence-corrected chi connectivity index (χ3v) is 8.40. The summed E-state index contributed by atoms with van der Waals surface area (Å²) in [7, 11) is 1.39. The molecule has 0 aliphatic carbocycles. The monoisotopic (exact) mass is 487 g/mol. The van der Waals surface area contributed by atoms with Gasteiger partial charge in [0.25, 0.3) is 0 Å². The molecule has 174 valence electrons. The van der Waals surface area contributed by atoms with E-state index in [2.05, 4.69) is 0 Å². The van der Waals surface area contributed by atoms with Crippen LogP contribution in [0.3, 0.4) is 0 Å². The first kappa shape index (κ1) is 23.4. The molecule has 0 spiro atoms. The van der Waals surface area contributed by atoms with Gasteiger partial charge in [-0.3, -0.25) is 9.59 Å². The summed E-state index contributed by atoms with van der Waals surface area (Å²) in [5.74, 6) is -2.86. The van der Waals surface area contributed by atoms with Crippen LogP contribution in [0.2, 0.25) is 0 Å². The smallest absolute Gasteiger partial charge is 0.330 e. The highest BCUT2D eigenvalue weighted by molar-refractivity contribution is 7.10. The van der Waals surface area contributed by atoms with E-state index in [1.807, 2.05) is 35.9 Å². The normalized spacial score (nSPS) is 24.8. The number of aryl methyl sites for hydroxylation is 2. The van der Waals surface area contributed by atoms with Crippen molar-refractivity contribution in [3.05, 3.63) is 67.9 Å². The van der Waals surface area contributed by atoms with Crippen LogP contribution in [-0.2, 0) is 14.3 Å². The van der Waals surface area contributed by atoms with Crippen LogP contribution >= 0.6 is 22.7 Å². The Bertz CT molecular complexity index is 1180. The number of amides is 1. The van der Waals surface area contributed by atoms with E-state index in [1.165, 1.54) is 41.6 Å². The van der Waals surface area contributed by atoms with Crippen LogP contribution in [0.4, 0.5) is 0 Å². The fourth-order valence-corrected chi connectivity index (χ4v) is 6.94. The maximum atomic E-state index is 14.0. The minimum atomic E-state index is -1.68. The molecule has 4 rings (SSSR count). The summed E-state index contributed by atoms with van der Waals surface area (Å²) in [6.07, 6.45) is 0. The summed E-state index contributed by atoms with van der Waals surface area (Å²) in [6, 6.07) is 8.11. The molecule has 0 aromatic carbocycles. The Labute approximate surface area is 199 Å². The van der Waals surface area contributed by atoms with Gasteiger partial charge in [0.2, 0.25) is 11.7 Å². The average molecular weight is 488 g/mol. The van der Waals surface area contributed by atoms with Crippen molar-refractivity contribution in [2.75, 3.05) is 13.7 Å². The van der Waals surface area contributed by atoms with E-state index < -0.39 is 35.3 Å². The average Bonchev–Trinajstić information content (AvgIpc) is 3.54. The number of hydrogen-bond donors (Lipinski definition) is 1. The molecule has 4 unspecified atom stereocenters. The lowest BCUT2D eigenvalue weighted by molar-refractivity contribution is -0.159. The number of methoxy groups -OCH3 is 1. The van der Waals surface area contributed by atoms with Crippen LogP contribution in [0.25, 0.3) is 0 Å². The zero-order valence-electron chi connectivity index (χ0n) is 18.7. The number of carbonyl (C=O) groups excluding carboxylic acids is 2. The first-order valence-electron chi connectivity index (χ1n) is 10.4. The van der Waals surface area contributed by atoms with Gasteiger partial charge in [-0.05, 0) is 61.4 Å². The summed E-state index contributed by atoms with van der Waals surface area (Å²) in [4.78, 5) is 43.2. The van der Waals surface area contributed by atoms with Crippen LogP contribution in [-0.4, -0.2) is 46.9 Å². The standard InChI is InChI=1S/C24H25NO6S2/c1-13-9-11-33-22(13)19-18(21(27)15-8-7-14(2)31-15)20(16-6-5-10-32-16)25(17(26)12-30-4)24(19,3)23(28)29/h5-11,18-20H,12H2,1-4H3,(H,28,29). The van der Waals surface area contributed by atoms with Crippen LogP contribution in [0.15, 0.2) is 45.5 Å². The Morgan fingerprint density at radius 1 is 1.15 bits per heavy atom. The highest BCUT2D eigenvalue weighted by Crippen LogP contribution is 2.58. The molecule has 9 heteroatoms. The summed E-state index contributed by atoms with van der Waals surface area (Å²) < 4.78 is 10.8. The van der Waals surface area contributed by atoms with Crippen LogP contribution in [0.5, 0.6) is 0 Å². The first-order valence-corrected chi connectivity index (χ1v) is 12.2. The predicted molar refractivity (Wildman–Crippen MR) is 125 cm³/mol. The zero-order chi connectivity index (χ0) is 23.9. The van der Waals surface area contributed by atoms with Crippen molar-refractivity contribution in [2.24, 2.45) is 5.92 Å². The number of nitrogens with zero attached hydrogens (tertiary/aromatic N) is 1. The molecule has 33 heavy (non-hydrogen) atoms. The quantitative estimate of drug-likeness (QED) is 0.486. The SMILES string of the molecule is COCC(=O)N1C(c2cccs2)C(C(=O)c2ccc(C)o2)C(c2sccc2C)C1(C)C(=O)O. The molecule has 0 radical (unpaired) electrons. The molecule has 0 bridgehead atoms. The molecule has 4 atom stereocenters. The van der Waals surface area contributed by atoms with Gasteiger partial charge in [-0.2, -0.15) is 0 Å². The van der Waals surface area contributed by atoms with Gasteiger partial charge < -0.3 is 19.2 Å². The maximum absolute atomic E-state index is 14.0. The third-order valence-electron chi connectivity index (χ3n) is 6.36. The minimum Gasteiger partial charge on any atom is -0.479 e. The number of rotatable bonds is 7. The fraction of sp³-hybridized carbons (Fsp3) is 0.375. The first-order chi connectivity index (χ1) is 15.7. The van der Waals surface area contributed by atoms with Crippen LogP contribution in [0, 0.1) is 19.8 Å². The number of carboxylic acid groups (broad SMARTS) is 1. The highest BCUT2D eigenvalue weighted by Gasteiger charge is 2.65. The van der Waals surface area contributed by atoms with Gasteiger partial charge in [-0.25, -0.2) is 4.79 Å². The van der Waals surface area contributed by atoms with Crippen molar-refractivity contribution in [3.63, 3.8) is 0 Å². The van der Waals surface area contributed by atoms with Gasteiger partial charge in [-0.1, -0.05) is 6.07 Å². The van der Waals surface area contributed by atoms with Crippen molar-refractivity contribution >= 4 is 40.3 Å². The molecule has 1 amide bonds. The van der Waals surface area contributed by atoms with Crippen molar-refractivity contribution in [1.82, 2.24) is 4.90 Å². The third kappa shape index (κ3) is 3.74. The second-order valence-electron chi connectivity index (χ2n) is 8.36. The number of furan rings is 1. The second-order valence-corrected chi connectivity index (χ2v) is 10.3. The van der Waals surface area contributed by atoms with Crippen molar-refractivity contribution < 1.29 is 28.6 Å². The Morgan fingerprint density at radius 2 is 1.91 bits per heavy atom. The number of carbonyl (C=O) groups is 3. The lowest BCUT2D eigenvalue weighted by atomic mass is 9.75. The molecular weight excluding hydrogens is 462 g/mol. The summed E-state index contributed by atoms with van der Waals surface area (Å²) in [6.45, 7) is 4.89. The van der Waals surface area contributed by atoms with Crippen molar-refractivity contribution in [1.29, 1.82) is 0 Å². The molecule has 4 heterocycles. The molecule has 1 aliphatic heterocycles. The van der Waals surface area contributed by atoms with Gasteiger partial charge in [0.1, 0.15) is 17.9 Å². The largest absolute Gasteiger partial charge is 0.479 e. The predicted octanol–water partition coefficient (Wildman–Crippen LogP) is 4.68. The fourth-order valence-electron chi connectivity index (χ4n) is 4.89. The van der Waals surface area contributed by atoms with E-state index in [0.29, 0.717) is 5.76 Å². The lowest BCUT2D eigenvalue weighted by Gasteiger charge is -2.37. The van der Waals surface area contributed by atoms with Gasteiger partial charge in [0, 0.05) is 22.8 Å². The Balaban J connectivity index is 2.01. The van der Waals surface area contributed by atoms with E-state index >= 15 is 0 Å². The number of hydrogen-bond acceptors (Lipinski definition) is 7. The molecule has 1 fully saturated rings. The summed E-state index contributed by atoms with van der Waals surface area (Å²) in [5.41, 5.74) is -0.793. The van der Waals surface area contributed by atoms with Gasteiger partial charge in [0.05, 0.1) is 12.0 Å². The molecular formula is C24H25NO6S2. The Kier molecular flexibility index (Phi) is 6.30. The molecule has 0 saturated carbocycles. The Morgan fingerprint density at radius 3 is 2.42 bits per heavy atom. The van der Waals surface area contributed by atoms with Crippen molar-refractivity contribution in [2.45, 2.75) is 38.3 Å². The maximum Gasteiger partial charge on any atom is 0.330 e. The minimum absolute atomic E-state index is 0.159.